The van der Waals surface area contributed by atoms with Gasteiger partial charge in [-0.05, 0) is 43.2 Å². The SMILES string of the molecule is Cc1cccc(CC2CC2)c1Br. The fraction of sp³-hybridized carbons (Fsp3) is 0.455. The van der Waals surface area contributed by atoms with E-state index in [0.717, 1.165) is 5.92 Å². The zero-order chi connectivity index (χ0) is 8.55. The molecule has 0 aromatic heterocycles. The maximum atomic E-state index is 3.64. The third-order valence-electron chi connectivity index (χ3n) is 2.48. The summed E-state index contributed by atoms with van der Waals surface area (Å²) in [4.78, 5) is 0. The summed E-state index contributed by atoms with van der Waals surface area (Å²) in [6, 6.07) is 6.54. The Morgan fingerprint density at radius 1 is 1.42 bits per heavy atom. The summed E-state index contributed by atoms with van der Waals surface area (Å²) in [6.45, 7) is 2.15. The summed E-state index contributed by atoms with van der Waals surface area (Å²) in [5.74, 6) is 0.975. The van der Waals surface area contributed by atoms with Gasteiger partial charge in [-0.3, -0.25) is 0 Å². The summed E-state index contributed by atoms with van der Waals surface area (Å²) < 4.78 is 1.32. The lowest BCUT2D eigenvalue weighted by Crippen LogP contribution is -1.90. The van der Waals surface area contributed by atoms with Crippen LogP contribution in [0.25, 0.3) is 0 Å². The lowest BCUT2D eigenvalue weighted by molar-refractivity contribution is 0.827. The van der Waals surface area contributed by atoms with Gasteiger partial charge in [-0.25, -0.2) is 0 Å². The molecular formula is C11H13Br. The Morgan fingerprint density at radius 2 is 2.17 bits per heavy atom. The summed E-state index contributed by atoms with van der Waals surface area (Å²) in [5.41, 5.74) is 2.84. The van der Waals surface area contributed by atoms with Crippen LogP contribution < -0.4 is 0 Å². The molecule has 0 unspecified atom stereocenters. The molecule has 0 radical (unpaired) electrons. The number of rotatable bonds is 2. The van der Waals surface area contributed by atoms with Crippen molar-refractivity contribution in [1.29, 1.82) is 0 Å². The molecule has 0 amide bonds. The number of benzene rings is 1. The van der Waals surface area contributed by atoms with E-state index in [1.807, 2.05) is 0 Å². The molecule has 1 saturated carbocycles. The summed E-state index contributed by atoms with van der Waals surface area (Å²) in [5, 5.41) is 0. The molecule has 12 heavy (non-hydrogen) atoms. The summed E-state index contributed by atoms with van der Waals surface area (Å²) in [7, 11) is 0. The highest BCUT2D eigenvalue weighted by Gasteiger charge is 2.22. The Hall–Kier alpha value is -0.300. The minimum atomic E-state index is 0.975. The average Bonchev–Trinajstić information content (AvgIpc) is 2.83. The van der Waals surface area contributed by atoms with Gasteiger partial charge in [-0.2, -0.15) is 0 Å². The number of hydrogen-bond donors (Lipinski definition) is 0. The molecule has 1 aromatic rings. The monoisotopic (exact) mass is 224 g/mol. The van der Waals surface area contributed by atoms with Crippen LogP contribution in [0.15, 0.2) is 22.7 Å². The largest absolute Gasteiger partial charge is 0.0617 e. The smallest absolute Gasteiger partial charge is 0.0236 e. The molecule has 0 spiro atoms. The van der Waals surface area contributed by atoms with Crippen LogP contribution in [0.2, 0.25) is 0 Å². The van der Waals surface area contributed by atoms with Gasteiger partial charge in [-0.1, -0.05) is 34.1 Å². The predicted octanol–water partition coefficient (Wildman–Crippen LogP) is 3.71. The molecule has 0 atom stereocenters. The maximum absolute atomic E-state index is 3.64. The van der Waals surface area contributed by atoms with Gasteiger partial charge in [0.05, 0.1) is 0 Å². The van der Waals surface area contributed by atoms with Crippen molar-refractivity contribution in [2.45, 2.75) is 26.2 Å². The zero-order valence-electron chi connectivity index (χ0n) is 7.31. The fourth-order valence-electron chi connectivity index (χ4n) is 1.50. The van der Waals surface area contributed by atoms with Crippen LogP contribution in [0.3, 0.4) is 0 Å². The van der Waals surface area contributed by atoms with E-state index in [9.17, 15) is 0 Å². The molecular weight excluding hydrogens is 212 g/mol. The minimum Gasteiger partial charge on any atom is -0.0617 e. The number of halogens is 1. The van der Waals surface area contributed by atoms with Crippen molar-refractivity contribution in [3.8, 4) is 0 Å². The molecule has 0 saturated heterocycles. The normalized spacial score (nSPS) is 16.5. The van der Waals surface area contributed by atoms with Gasteiger partial charge in [0, 0.05) is 4.47 Å². The molecule has 2 rings (SSSR count). The van der Waals surface area contributed by atoms with E-state index in [1.54, 1.807) is 0 Å². The first-order valence-corrected chi connectivity index (χ1v) is 5.30. The van der Waals surface area contributed by atoms with Crippen molar-refractivity contribution in [2.75, 3.05) is 0 Å². The van der Waals surface area contributed by atoms with E-state index in [0.29, 0.717) is 0 Å². The molecule has 1 aliphatic carbocycles. The lowest BCUT2D eigenvalue weighted by Gasteiger charge is -2.05. The van der Waals surface area contributed by atoms with Gasteiger partial charge in [-0.15, -0.1) is 0 Å². The Balaban J connectivity index is 2.23. The second kappa shape index (κ2) is 3.21. The van der Waals surface area contributed by atoms with Gasteiger partial charge in [0.15, 0.2) is 0 Å². The van der Waals surface area contributed by atoms with Gasteiger partial charge in [0.25, 0.3) is 0 Å². The summed E-state index contributed by atoms with van der Waals surface area (Å²) in [6.07, 6.45) is 4.13. The van der Waals surface area contributed by atoms with Crippen LogP contribution in [0.5, 0.6) is 0 Å². The first kappa shape index (κ1) is 8.31. The molecule has 0 bridgehead atoms. The van der Waals surface area contributed by atoms with Gasteiger partial charge < -0.3 is 0 Å². The van der Waals surface area contributed by atoms with E-state index >= 15 is 0 Å². The van der Waals surface area contributed by atoms with Gasteiger partial charge in [0.1, 0.15) is 0 Å². The highest BCUT2D eigenvalue weighted by Crippen LogP contribution is 2.35. The van der Waals surface area contributed by atoms with Crippen molar-refractivity contribution in [2.24, 2.45) is 5.92 Å². The van der Waals surface area contributed by atoms with Crippen molar-refractivity contribution in [3.05, 3.63) is 33.8 Å². The summed E-state index contributed by atoms with van der Waals surface area (Å²) >= 11 is 3.64. The topological polar surface area (TPSA) is 0 Å². The molecule has 0 nitrogen and oxygen atoms in total. The van der Waals surface area contributed by atoms with Gasteiger partial charge in [0.2, 0.25) is 0 Å². The number of aryl methyl sites for hydroxylation is 1. The van der Waals surface area contributed by atoms with Crippen molar-refractivity contribution < 1.29 is 0 Å². The molecule has 1 heteroatoms. The Kier molecular flexibility index (Phi) is 2.22. The maximum Gasteiger partial charge on any atom is 0.0236 e. The van der Waals surface area contributed by atoms with Crippen LogP contribution in [-0.4, -0.2) is 0 Å². The van der Waals surface area contributed by atoms with Gasteiger partial charge >= 0.3 is 0 Å². The Labute approximate surface area is 82.1 Å². The lowest BCUT2D eigenvalue weighted by atomic mass is 10.1. The third kappa shape index (κ3) is 1.71. The molecule has 1 fully saturated rings. The first-order valence-electron chi connectivity index (χ1n) is 4.51. The first-order chi connectivity index (χ1) is 5.77. The van der Waals surface area contributed by atoms with Crippen molar-refractivity contribution in [3.63, 3.8) is 0 Å². The van der Waals surface area contributed by atoms with E-state index in [2.05, 4.69) is 41.1 Å². The molecule has 0 N–H and O–H groups in total. The predicted molar refractivity (Wildman–Crippen MR) is 55.3 cm³/mol. The Bertz CT molecular complexity index is 287. The van der Waals surface area contributed by atoms with Crippen molar-refractivity contribution >= 4 is 15.9 Å². The zero-order valence-corrected chi connectivity index (χ0v) is 8.89. The molecule has 0 aliphatic heterocycles. The van der Waals surface area contributed by atoms with Crippen LogP contribution >= 0.6 is 15.9 Å². The number of hydrogen-bond acceptors (Lipinski definition) is 0. The second-order valence-electron chi connectivity index (χ2n) is 3.70. The molecule has 0 heterocycles. The van der Waals surface area contributed by atoms with E-state index in [4.69, 9.17) is 0 Å². The average molecular weight is 225 g/mol. The second-order valence-corrected chi connectivity index (χ2v) is 4.49. The van der Waals surface area contributed by atoms with Crippen LogP contribution in [0, 0.1) is 12.8 Å². The third-order valence-corrected chi connectivity index (χ3v) is 3.61. The molecule has 1 aliphatic rings. The fourth-order valence-corrected chi connectivity index (χ4v) is 1.93. The molecule has 1 aromatic carbocycles. The van der Waals surface area contributed by atoms with Crippen LogP contribution in [-0.2, 0) is 6.42 Å². The van der Waals surface area contributed by atoms with Crippen LogP contribution in [0.1, 0.15) is 24.0 Å². The highest BCUT2D eigenvalue weighted by atomic mass is 79.9. The highest BCUT2D eigenvalue weighted by molar-refractivity contribution is 9.10. The van der Waals surface area contributed by atoms with Crippen molar-refractivity contribution in [1.82, 2.24) is 0 Å². The standard InChI is InChI=1S/C11H13Br/c1-8-3-2-4-10(11(8)12)7-9-5-6-9/h2-4,9H,5-7H2,1H3. The van der Waals surface area contributed by atoms with E-state index < -0.39 is 0 Å². The quantitative estimate of drug-likeness (QED) is 0.719. The van der Waals surface area contributed by atoms with E-state index in [-0.39, 0.29) is 0 Å². The Morgan fingerprint density at radius 3 is 2.83 bits per heavy atom. The van der Waals surface area contributed by atoms with E-state index in [1.165, 1.54) is 34.9 Å². The molecule has 64 valence electrons. The minimum absolute atomic E-state index is 0.975. The van der Waals surface area contributed by atoms with Crippen LogP contribution in [0.4, 0.5) is 0 Å².